The Morgan fingerprint density at radius 1 is 1.38 bits per heavy atom. The van der Waals surface area contributed by atoms with Crippen molar-refractivity contribution in [2.45, 2.75) is 33.2 Å². The average molecular weight is 355 g/mol. The first-order valence-corrected chi connectivity index (χ1v) is 7.67. The van der Waals surface area contributed by atoms with Crippen LogP contribution in [0.25, 0.3) is 0 Å². The number of carboxylic acids is 1. The van der Waals surface area contributed by atoms with Crippen molar-refractivity contribution in [2.24, 2.45) is 5.92 Å². The Bertz CT molecular complexity index is 565. The SMILES string of the molecule is Cc1cc(C)c(NC(=O)N2CCC(C(=O)O)C2C)c(Br)c1. The lowest BCUT2D eigenvalue weighted by Gasteiger charge is -2.24. The van der Waals surface area contributed by atoms with Crippen LogP contribution in [-0.4, -0.2) is 34.6 Å². The fraction of sp³-hybridized carbons (Fsp3) is 0.467. The quantitative estimate of drug-likeness (QED) is 0.854. The summed E-state index contributed by atoms with van der Waals surface area (Å²) in [6.45, 7) is 6.17. The maximum absolute atomic E-state index is 12.4. The number of carbonyl (C=O) groups is 2. The van der Waals surface area contributed by atoms with Gasteiger partial charge in [-0.1, -0.05) is 6.07 Å². The minimum absolute atomic E-state index is 0.251. The molecule has 1 fully saturated rings. The molecule has 0 aliphatic carbocycles. The highest BCUT2D eigenvalue weighted by molar-refractivity contribution is 9.10. The van der Waals surface area contributed by atoms with Crippen LogP contribution in [0.4, 0.5) is 10.5 Å². The van der Waals surface area contributed by atoms with E-state index in [9.17, 15) is 9.59 Å². The third kappa shape index (κ3) is 3.20. The van der Waals surface area contributed by atoms with Crippen molar-refractivity contribution in [3.63, 3.8) is 0 Å². The third-order valence-corrected chi connectivity index (χ3v) is 4.62. The van der Waals surface area contributed by atoms with Crippen molar-refractivity contribution in [2.75, 3.05) is 11.9 Å². The molecule has 1 heterocycles. The molecular weight excluding hydrogens is 336 g/mol. The zero-order valence-electron chi connectivity index (χ0n) is 12.3. The molecule has 1 saturated heterocycles. The molecule has 1 aromatic carbocycles. The van der Waals surface area contributed by atoms with E-state index >= 15 is 0 Å². The van der Waals surface area contributed by atoms with Crippen molar-refractivity contribution in [3.05, 3.63) is 27.7 Å². The monoisotopic (exact) mass is 354 g/mol. The maximum atomic E-state index is 12.4. The highest BCUT2D eigenvalue weighted by Crippen LogP contribution is 2.30. The number of carboxylic acid groups (broad SMARTS) is 1. The number of halogens is 1. The predicted octanol–water partition coefficient (Wildman–Crippen LogP) is 3.39. The molecule has 21 heavy (non-hydrogen) atoms. The van der Waals surface area contributed by atoms with Gasteiger partial charge in [0.1, 0.15) is 0 Å². The molecule has 0 radical (unpaired) electrons. The smallest absolute Gasteiger partial charge is 0.322 e. The summed E-state index contributed by atoms with van der Waals surface area (Å²) in [5.41, 5.74) is 2.81. The second-order valence-electron chi connectivity index (χ2n) is 5.54. The maximum Gasteiger partial charge on any atom is 0.322 e. The molecule has 0 spiro atoms. The summed E-state index contributed by atoms with van der Waals surface area (Å²) in [7, 11) is 0. The van der Waals surface area contributed by atoms with Crippen LogP contribution in [0.3, 0.4) is 0 Å². The zero-order chi connectivity index (χ0) is 15.7. The van der Waals surface area contributed by atoms with Crippen LogP contribution in [0.5, 0.6) is 0 Å². The van der Waals surface area contributed by atoms with Gasteiger partial charge in [0.2, 0.25) is 0 Å². The molecule has 0 bridgehead atoms. The number of rotatable bonds is 2. The minimum atomic E-state index is -0.842. The van der Waals surface area contributed by atoms with Gasteiger partial charge in [-0.3, -0.25) is 4.79 Å². The van der Waals surface area contributed by atoms with E-state index in [1.54, 1.807) is 11.8 Å². The van der Waals surface area contributed by atoms with Crippen LogP contribution in [0.2, 0.25) is 0 Å². The van der Waals surface area contributed by atoms with Crippen molar-refractivity contribution >= 4 is 33.6 Å². The molecule has 2 amide bonds. The van der Waals surface area contributed by atoms with Gasteiger partial charge in [-0.05, 0) is 60.3 Å². The molecule has 2 unspecified atom stereocenters. The Labute approximate surface area is 132 Å². The molecule has 2 atom stereocenters. The summed E-state index contributed by atoms with van der Waals surface area (Å²) >= 11 is 3.46. The number of urea groups is 1. The van der Waals surface area contributed by atoms with E-state index in [2.05, 4.69) is 21.2 Å². The topological polar surface area (TPSA) is 69.6 Å². The van der Waals surface area contributed by atoms with Gasteiger partial charge in [-0.25, -0.2) is 4.79 Å². The summed E-state index contributed by atoms with van der Waals surface area (Å²) in [5, 5.41) is 12.0. The standard InChI is InChI=1S/C15H19BrN2O3/c1-8-6-9(2)13(12(16)7-8)17-15(21)18-5-4-11(10(18)3)14(19)20/h6-7,10-11H,4-5H2,1-3H3,(H,17,21)(H,19,20). The Morgan fingerprint density at radius 2 is 2.05 bits per heavy atom. The minimum Gasteiger partial charge on any atom is -0.481 e. The second-order valence-corrected chi connectivity index (χ2v) is 6.39. The summed E-state index contributed by atoms with van der Waals surface area (Å²) in [6.07, 6.45) is 0.498. The molecule has 0 aromatic heterocycles. The van der Waals surface area contributed by atoms with Crippen molar-refractivity contribution < 1.29 is 14.7 Å². The van der Waals surface area contributed by atoms with Crippen molar-refractivity contribution in [1.82, 2.24) is 4.90 Å². The van der Waals surface area contributed by atoms with Crippen molar-refractivity contribution in [3.8, 4) is 0 Å². The van der Waals surface area contributed by atoms with Crippen LogP contribution in [-0.2, 0) is 4.79 Å². The molecule has 5 nitrogen and oxygen atoms in total. The fourth-order valence-electron chi connectivity index (χ4n) is 2.81. The predicted molar refractivity (Wildman–Crippen MR) is 84.5 cm³/mol. The third-order valence-electron chi connectivity index (χ3n) is 4.00. The highest BCUT2D eigenvalue weighted by atomic mass is 79.9. The van der Waals surface area contributed by atoms with Gasteiger partial charge in [0, 0.05) is 17.1 Å². The van der Waals surface area contributed by atoms with Gasteiger partial charge in [-0.2, -0.15) is 0 Å². The molecular formula is C15H19BrN2O3. The zero-order valence-corrected chi connectivity index (χ0v) is 13.9. The number of anilines is 1. The summed E-state index contributed by atoms with van der Waals surface area (Å²) in [6, 6.07) is 3.38. The summed E-state index contributed by atoms with van der Waals surface area (Å²) in [4.78, 5) is 25.1. The number of nitrogens with one attached hydrogen (secondary N) is 1. The number of likely N-dealkylation sites (tertiary alicyclic amines) is 1. The van der Waals surface area contributed by atoms with Gasteiger partial charge >= 0.3 is 12.0 Å². The Morgan fingerprint density at radius 3 is 2.57 bits per heavy atom. The molecule has 1 aliphatic rings. The molecule has 6 heteroatoms. The van der Waals surface area contributed by atoms with E-state index in [1.807, 2.05) is 26.0 Å². The number of benzene rings is 1. The molecule has 1 aromatic rings. The summed E-state index contributed by atoms with van der Waals surface area (Å²) < 4.78 is 0.829. The van der Waals surface area contributed by atoms with Gasteiger partial charge in [0.05, 0.1) is 11.6 Å². The van der Waals surface area contributed by atoms with E-state index < -0.39 is 11.9 Å². The number of carbonyl (C=O) groups excluding carboxylic acids is 1. The number of aryl methyl sites for hydroxylation is 2. The van der Waals surface area contributed by atoms with Crippen LogP contribution in [0.1, 0.15) is 24.5 Å². The Kier molecular flexibility index (Phi) is 4.56. The van der Waals surface area contributed by atoms with Crippen LogP contribution in [0.15, 0.2) is 16.6 Å². The fourth-order valence-corrected chi connectivity index (χ4v) is 3.58. The Hall–Kier alpha value is -1.56. The van der Waals surface area contributed by atoms with E-state index in [0.717, 1.165) is 21.3 Å². The normalized spacial score (nSPS) is 21.4. The molecule has 114 valence electrons. The first kappa shape index (κ1) is 15.8. The van der Waals surface area contributed by atoms with Gasteiger partial charge in [0.25, 0.3) is 0 Å². The van der Waals surface area contributed by atoms with Gasteiger partial charge in [-0.15, -0.1) is 0 Å². The lowest BCUT2D eigenvalue weighted by molar-refractivity contribution is -0.142. The number of nitrogens with zero attached hydrogens (tertiary/aromatic N) is 1. The first-order valence-electron chi connectivity index (χ1n) is 6.88. The van der Waals surface area contributed by atoms with Crippen LogP contribution in [0, 0.1) is 19.8 Å². The van der Waals surface area contributed by atoms with E-state index in [1.165, 1.54) is 0 Å². The lowest BCUT2D eigenvalue weighted by Crippen LogP contribution is -2.40. The molecule has 1 aliphatic heterocycles. The number of hydrogen-bond donors (Lipinski definition) is 2. The van der Waals surface area contributed by atoms with Gasteiger partial charge < -0.3 is 15.3 Å². The first-order chi connectivity index (χ1) is 9.81. The number of hydrogen-bond acceptors (Lipinski definition) is 2. The summed E-state index contributed by atoms with van der Waals surface area (Å²) in [5.74, 6) is -1.33. The molecule has 2 N–H and O–H groups in total. The second kappa shape index (κ2) is 6.05. The largest absolute Gasteiger partial charge is 0.481 e. The van der Waals surface area contributed by atoms with Crippen LogP contribution >= 0.6 is 15.9 Å². The van der Waals surface area contributed by atoms with Crippen LogP contribution < -0.4 is 5.32 Å². The number of amides is 2. The number of aliphatic carboxylic acids is 1. The van der Waals surface area contributed by atoms with Gasteiger partial charge in [0.15, 0.2) is 0 Å². The Balaban J connectivity index is 2.15. The molecule has 2 rings (SSSR count). The van der Waals surface area contributed by atoms with E-state index in [4.69, 9.17) is 5.11 Å². The average Bonchev–Trinajstić information content (AvgIpc) is 2.75. The highest BCUT2D eigenvalue weighted by Gasteiger charge is 2.38. The van der Waals surface area contributed by atoms with E-state index in [0.29, 0.717) is 13.0 Å². The van der Waals surface area contributed by atoms with E-state index in [-0.39, 0.29) is 12.1 Å². The molecule has 0 saturated carbocycles. The van der Waals surface area contributed by atoms with Crippen molar-refractivity contribution in [1.29, 1.82) is 0 Å². The lowest BCUT2D eigenvalue weighted by atomic mass is 10.0.